The second-order valence-corrected chi connectivity index (χ2v) is 14.4. The second-order valence-electron chi connectivity index (χ2n) is 14.1. The summed E-state index contributed by atoms with van der Waals surface area (Å²) in [6.07, 6.45) is 6.69. The zero-order valence-electron chi connectivity index (χ0n) is 31.7. The van der Waals surface area contributed by atoms with Crippen molar-refractivity contribution in [3.63, 3.8) is 0 Å². The minimum absolute atomic E-state index is 0.292. The van der Waals surface area contributed by atoms with E-state index in [0.29, 0.717) is 5.15 Å². The molecule has 0 radical (unpaired) electrons. The summed E-state index contributed by atoms with van der Waals surface area (Å²) in [5, 5.41) is 0.473. The monoisotopic (exact) mass is 712 g/mol. The number of aromatic nitrogens is 6. The number of hydrogen-bond donors (Lipinski definition) is 0. The maximum atomic E-state index is 5.97. The van der Waals surface area contributed by atoms with Gasteiger partial charge in [-0.05, 0) is 117 Å². The Labute approximate surface area is 313 Å². The fraction of sp³-hybridized carbons (Fsp3) is 0.286. The summed E-state index contributed by atoms with van der Waals surface area (Å²) in [6, 6.07) is 24.4. The lowest BCUT2D eigenvalue weighted by molar-refractivity contribution is 0.00578. The van der Waals surface area contributed by atoms with Gasteiger partial charge in [0, 0.05) is 52.0 Å². The van der Waals surface area contributed by atoms with Gasteiger partial charge < -0.3 is 9.31 Å². The van der Waals surface area contributed by atoms with Crippen LogP contribution in [0.5, 0.6) is 0 Å². The molecule has 0 spiro atoms. The van der Waals surface area contributed by atoms with Crippen molar-refractivity contribution in [2.75, 3.05) is 0 Å². The van der Waals surface area contributed by atoms with Crippen molar-refractivity contribution in [3.8, 4) is 33.8 Å². The van der Waals surface area contributed by atoms with Crippen LogP contribution in [0.2, 0.25) is 5.15 Å². The van der Waals surface area contributed by atoms with Gasteiger partial charge in [0.25, 0.3) is 0 Å². The summed E-state index contributed by atoms with van der Waals surface area (Å²) in [5.41, 5.74) is 13.3. The molecule has 0 unspecified atom stereocenters. The molecule has 1 fully saturated rings. The normalized spacial score (nSPS) is 14.2. The molecule has 266 valence electrons. The summed E-state index contributed by atoms with van der Waals surface area (Å²) in [6.45, 7) is 20.5. The number of nitrogens with zero attached hydrogens (tertiary/aromatic N) is 6. The predicted molar refractivity (Wildman–Crippen MR) is 212 cm³/mol. The lowest BCUT2D eigenvalue weighted by Gasteiger charge is -2.32. The van der Waals surface area contributed by atoms with Gasteiger partial charge >= 0.3 is 7.12 Å². The zero-order chi connectivity index (χ0) is 37.6. The molecular weight excluding hydrogens is 667 g/mol. The molecular formula is C42H46BClN6O2. The molecule has 1 saturated heterocycles. The van der Waals surface area contributed by atoms with E-state index in [-0.39, 0.29) is 18.3 Å². The van der Waals surface area contributed by atoms with Crippen LogP contribution in [-0.2, 0) is 9.31 Å². The Bertz CT molecular complexity index is 2160. The van der Waals surface area contributed by atoms with Gasteiger partial charge in [-0.3, -0.25) is 9.97 Å². The number of aryl methyl sites for hydroxylation is 6. The highest BCUT2D eigenvalue weighted by atomic mass is 35.5. The van der Waals surface area contributed by atoms with Crippen LogP contribution in [0.3, 0.4) is 0 Å². The Morgan fingerprint density at radius 3 is 1.52 bits per heavy atom. The van der Waals surface area contributed by atoms with Gasteiger partial charge in [-0.25, -0.2) is 19.9 Å². The predicted octanol–water partition coefficient (Wildman–Crippen LogP) is 9.23. The van der Waals surface area contributed by atoms with Crippen LogP contribution in [0.25, 0.3) is 33.8 Å². The van der Waals surface area contributed by atoms with Crippen LogP contribution >= 0.6 is 11.6 Å². The van der Waals surface area contributed by atoms with Gasteiger partial charge in [0.1, 0.15) is 17.8 Å². The van der Waals surface area contributed by atoms with E-state index < -0.39 is 0 Å². The van der Waals surface area contributed by atoms with Gasteiger partial charge in [-0.2, -0.15) is 0 Å². The molecule has 1 aliphatic heterocycles. The molecule has 10 heteroatoms. The van der Waals surface area contributed by atoms with Gasteiger partial charge in [-0.15, -0.1) is 0 Å². The maximum absolute atomic E-state index is 5.97. The van der Waals surface area contributed by atoms with Crippen molar-refractivity contribution in [2.45, 2.75) is 80.4 Å². The fourth-order valence-corrected chi connectivity index (χ4v) is 5.77. The smallest absolute Gasteiger partial charge is 0.399 e. The first-order chi connectivity index (χ1) is 24.6. The standard InChI is InChI=1S/C18H17N3.C12H18BNO2.C12H11ClN2/c1-12-6-7-13(2)16(9-12)18-10-17(20-11-21-18)15-5-4-8-19-14(15)3;1-9-10(7-6-8-14-9)13-15-11(2,3)12(4,5)16-13;1-8-3-4-9(2)10(5-8)11-6-12(13)15-7-14-11/h4-11H,1-3H3;6-8H,1-5H3;3-7H,1-2H3. The SMILES string of the molecule is Cc1ccc(C)c(-c2cc(-c3cccnc3C)ncn2)c1.Cc1ccc(C)c(-c2cc(Cl)ncn2)c1.Cc1ncccc1B1OC(C)(C)C(C)(C)O1. The number of hydrogen-bond acceptors (Lipinski definition) is 8. The number of rotatable bonds is 4. The van der Waals surface area contributed by atoms with Crippen molar-refractivity contribution in [1.82, 2.24) is 29.9 Å². The average Bonchev–Trinajstić information content (AvgIpc) is 3.33. The van der Waals surface area contributed by atoms with Crippen LogP contribution in [0.4, 0.5) is 0 Å². The van der Waals surface area contributed by atoms with Crippen LogP contribution in [0.15, 0.2) is 97.8 Å². The average molecular weight is 713 g/mol. The van der Waals surface area contributed by atoms with Crippen LogP contribution < -0.4 is 5.46 Å². The second kappa shape index (κ2) is 16.2. The van der Waals surface area contributed by atoms with Crippen molar-refractivity contribution in [3.05, 3.63) is 137 Å². The molecule has 0 bridgehead atoms. The van der Waals surface area contributed by atoms with Gasteiger partial charge in [0.2, 0.25) is 0 Å². The largest absolute Gasteiger partial charge is 0.496 e. The number of benzene rings is 2. The third-order valence-electron chi connectivity index (χ3n) is 9.48. The molecule has 8 nitrogen and oxygen atoms in total. The molecule has 5 heterocycles. The highest BCUT2D eigenvalue weighted by Crippen LogP contribution is 2.36. The van der Waals surface area contributed by atoms with Crippen molar-refractivity contribution in [2.24, 2.45) is 0 Å². The van der Waals surface area contributed by atoms with Gasteiger partial charge in [0.05, 0.1) is 28.3 Å². The topological polar surface area (TPSA) is 95.8 Å². The first-order valence-corrected chi connectivity index (χ1v) is 17.7. The lowest BCUT2D eigenvalue weighted by atomic mass is 9.78. The minimum Gasteiger partial charge on any atom is -0.399 e. The van der Waals surface area contributed by atoms with Crippen molar-refractivity contribution < 1.29 is 9.31 Å². The van der Waals surface area contributed by atoms with E-state index in [1.165, 1.54) is 28.6 Å². The molecule has 1 aliphatic rings. The van der Waals surface area contributed by atoms with Crippen molar-refractivity contribution >= 4 is 24.2 Å². The summed E-state index contributed by atoms with van der Waals surface area (Å²) in [4.78, 5) is 25.5. The van der Waals surface area contributed by atoms with Crippen molar-refractivity contribution in [1.29, 1.82) is 0 Å². The van der Waals surface area contributed by atoms with E-state index in [4.69, 9.17) is 20.9 Å². The molecule has 0 saturated carbocycles. The Hall–Kier alpha value is -4.83. The first kappa shape index (κ1) is 38.4. The maximum Gasteiger partial charge on any atom is 0.496 e. The minimum atomic E-state index is -0.307. The third-order valence-corrected chi connectivity index (χ3v) is 9.68. The van der Waals surface area contributed by atoms with E-state index in [9.17, 15) is 0 Å². The summed E-state index contributed by atoms with van der Waals surface area (Å²) in [7, 11) is -0.307. The van der Waals surface area contributed by atoms with Gasteiger partial charge in [0.15, 0.2) is 0 Å². The summed E-state index contributed by atoms with van der Waals surface area (Å²) >= 11 is 5.84. The van der Waals surface area contributed by atoms with E-state index in [1.807, 2.05) is 44.2 Å². The molecule has 52 heavy (non-hydrogen) atoms. The molecule has 0 N–H and O–H groups in total. The Morgan fingerprint density at radius 2 is 1.00 bits per heavy atom. The number of halogens is 1. The molecule has 0 aliphatic carbocycles. The highest BCUT2D eigenvalue weighted by molar-refractivity contribution is 6.62. The molecule has 0 atom stereocenters. The van der Waals surface area contributed by atoms with Crippen LogP contribution in [0.1, 0.15) is 61.3 Å². The molecule has 0 amide bonds. The van der Waals surface area contributed by atoms with Crippen LogP contribution in [-0.4, -0.2) is 48.2 Å². The summed E-state index contributed by atoms with van der Waals surface area (Å²) in [5.74, 6) is 0. The highest BCUT2D eigenvalue weighted by Gasteiger charge is 2.52. The number of pyridine rings is 2. The van der Waals surface area contributed by atoms with E-state index in [2.05, 4.69) is 122 Å². The molecule has 6 aromatic rings. The fourth-order valence-electron chi connectivity index (χ4n) is 5.63. The van der Waals surface area contributed by atoms with E-state index >= 15 is 0 Å². The molecule has 4 aromatic heterocycles. The van der Waals surface area contributed by atoms with Gasteiger partial charge in [-0.1, -0.05) is 53.1 Å². The Morgan fingerprint density at radius 1 is 0.519 bits per heavy atom. The zero-order valence-corrected chi connectivity index (χ0v) is 32.4. The summed E-state index contributed by atoms with van der Waals surface area (Å²) < 4.78 is 11.9. The van der Waals surface area contributed by atoms with E-state index in [0.717, 1.165) is 50.6 Å². The first-order valence-electron chi connectivity index (χ1n) is 17.3. The molecule has 7 rings (SSSR count). The van der Waals surface area contributed by atoms with Crippen LogP contribution in [0, 0.1) is 41.5 Å². The third kappa shape index (κ3) is 9.15. The molecule has 2 aromatic carbocycles. The Kier molecular flexibility index (Phi) is 12.0. The quantitative estimate of drug-likeness (QED) is 0.132. The van der Waals surface area contributed by atoms with E-state index in [1.54, 1.807) is 24.8 Å². The Balaban J connectivity index is 0.000000154. The lowest BCUT2D eigenvalue weighted by Crippen LogP contribution is -2.41.